The van der Waals surface area contributed by atoms with Crippen LogP contribution >= 0.6 is 15.9 Å². The molecular formula is C19H17BrN2O. The Morgan fingerprint density at radius 1 is 1.17 bits per heavy atom. The molecule has 0 aliphatic heterocycles. The molecule has 0 spiro atoms. The summed E-state index contributed by atoms with van der Waals surface area (Å²) in [4.78, 5) is 12.3. The summed E-state index contributed by atoms with van der Waals surface area (Å²) in [6.07, 6.45) is 1.59. The van der Waals surface area contributed by atoms with Crippen molar-refractivity contribution < 1.29 is 4.79 Å². The minimum absolute atomic E-state index is 0.0676. The number of benzene rings is 2. The summed E-state index contributed by atoms with van der Waals surface area (Å²) < 4.78 is 0.770. The van der Waals surface area contributed by atoms with Crippen molar-refractivity contribution in [3.05, 3.63) is 69.7 Å². The van der Waals surface area contributed by atoms with Crippen LogP contribution in [0.25, 0.3) is 6.08 Å². The largest absolute Gasteiger partial charge is 0.320 e. The van der Waals surface area contributed by atoms with E-state index in [-0.39, 0.29) is 5.57 Å². The third-order valence-corrected chi connectivity index (χ3v) is 4.09. The van der Waals surface area contributed by atoms with E-state index < -0.39 is 5.91 Å². The van der Waals surface area contributed by atoms with E-state index in [2.05, 4.69) is 35.1 Å². The summed E-state index contributed by atoms with van der Waals surface area (Å²) in [6.45, 7) is 4.24. The second kappa shape index (κ2) is 7.75. The normalized spacial score (nSPS) is 11.2. The summed E-state index contributed by atoms with van der Waals surface area (Å²) in [5.41, 5.74) is 2.75. The van der Waals surface area contributed by atoms with Gasteiger partial charge in [0.2, 0.25) is 0 Å². The Kier molecular flexibility index (Phi) is 5.72. The van der Waals surface area contributed by atoms with Gasteiger partial charge in [0, 0.05) is 4.47 Å². The molecule has 1 N–H and O–H groups in total. The SMILES string of the molecule is CC(C)c1ccc(C=C(C#N)C(=O)Nc2ccccc2Br)cc1. The van der Waals surface area contributed by atoms with Crippen LogP contribution in [0.15, 0.2) is 58.6 Å². The Balaban J connectivity index is 2.20. The lowest BCUT2D eigenvalue weighted by molar-refractivity contribution is -0.112. The lowest BCUT2D eigenvalue weighted by Crippen LogP contribution is -2.13. The van der Waals surface area contributed by atoms with Crippen LogP contribution in [-0.4, -0.2) is 5.91 Å². The van der Waals surface area contributed by atoms with Crippen molar-refractivity contribution in [3.8, 4) is 6.07 Å². The van der Waals surface area contributed by atoms with Crippen molar-refractivity contribution in [1.29, 1.82) is 5.26 Å². The Hall–Kier alpha value is -2.38. The zero-order chi connectivity index (χ0) is 16.8. The summed E-state index contributed by atoms with van der Waals surface area (Å²) in [5, 5.41) is 12.0. The molecule has 0 aliphatic rings. The quantitative estimate of drug-likeness (QED) is 0.601. The van der Waals surface area contributed by atoms with E-state index in [1.807, 2.05) is 48.5 Å². The number of halogens is 1. The van der Waals surface area contributed by atoms with E-state index in [9.17, 15) is 10.1 Å². The van der Waals surface area contributed by atoms with Crippen LogP contribution in [0.1, 0.15) is 30.9 Å². The third-order valence-electron chi connectivity index (χ3n) is 3.40. The van der Waals surface area contributed by atoms with Crippen molar-refractivity contribution in [2.24, 2.45) is 0 Å². The Labute approximate surface area is 144 Å². The van der Waals surface area contributed by atoms with Crippen LogP contribution < -0.4 is 5.32 Å². The fourth-order valence-corrected chi connectivity index (χ4v) is 2.43. The number of carbonyl (C=O) groups excluding carboxylic acids is 1. The van der Waals surface area contributed by atoms with Crippen LogP contribution in [0, 0.1) is 11.3 Å². The molecule has 0 saturated heterocycles. The maximum Gasteiger partial charge on any atom is 0.266 e. The monoisotopic (exact) mass is 368 g/mol. The topological polar surface area (TPSA) is 52.9 Å². The van der Waals surface area contributed by atoms with Crippen LogP contribution in [0.4, 0.5) is 5.69 Å². The molecule has 0 bridgehead atoms. The minimum Gasteiger partial charge on any atom is -0.320 e. The molecule has 0 atom stereocenters. The average molecular weight is 369 g/mol. The number of hydrogen-bond acceptors (Lipinski definition) is 2. The van der Waals surface area contributed by atoms with E-state index >= 15 is 0 Å². The Bertz CT molecular complexity index is 771. The molecule has 1 amide bonds. The molecule has 2 rings (SSSR count). The summed E-state index contributed by atoms with van der Waals surface area (Å²) >= 11 is 3.37. The van der Waals surface area contributed by atoms with Crippen molar-refractivity contribution in [2.45, 2.75) is 19.8 Å². The maximum absolute atomic E-state index is 12.3. The lowest BCUT2D eigenvalue weighted by Gasteiger charge is -2.07. The van der Waals surface area contributed by atoms with Crippen LogP contribution in [0.2, 0.25) is 0 Å². The summed E-state index contributed by atoms with van der Waals surface area (Å²) in [6, 6.07) is 17.1. The van der Waals surface area contributed by atoms with Gasteiger partial charge in [-0.25, -0.2) is 0 Å². The van der Waals surface area contributed by atoms with Crippen molar-refractivity contribution in [1.82, 2.24) is 0 Å². The van der Waals surface area contributed by atoms with E-state index in [4.69, 9.17) is 0 Å². The number of rotatable bonds is 4. The summed E-state index contributed by atoms with van der Waals surface area (Å²) in [5.74, 6) is 0.0227. The van der Waals surface area contributed by atoms with Gasteiger partial charge in [-0.1, -0.05) is 50.2 Å². The molecule has 0 unspecified atom stereocenters. The van der Waals surface area contributed by atoms with Crippen LogP contribution in [0.3, 0.4) is 0 Å². The fourth-order valence-electron chi connectivity index (χ4n) is 2.04. The van der Waals surface area contributed by atoms with Gasteiger partial charge in [-0.2, -0.15) is 5.26 Å². The molecule has 2 aromatic carbocycles. The standard InChI is InChI=1S/C19H17BrN2O/c1-13(2)15-9-7-14(8-10-15)11-16(12-21)19(23)22-18-6-4-3-5-17(18)20/h3-11,13H,1-2H3,(H,22,23). The highest BCUT2D eigenvalue weighted by Crippen LogP contribution is 2.22. The van der Waals surface area contributed by atoms with E-state index in [1.165, 1.54) is 5.56 Å². The smallest absolute Gasteiger partial charge is 0.266 e. The Morgan fingerprint density at radius 2 is 1.83 bits per heavy atom. The number of para-hydroxylation sites is 1. The minimum atomic E-state index is -0.424. The zero-order valence-electron chi connectivity index (χ0n) is 13.0. The van der Waals surface area contributed by atoms with Gasteiger partial charge < -0.3 is 5.32 Å². The van der Waals surface area contributed by atoms with Gasteiger partial charge in [-0.3, -0.25) is 4.79 Å². The Morgan fingerprint density at radius 3 is 2.39 bits per heavy atom. The molecule has 4 heteroatoms. The number of amides is 1. The van der Waals surface area contributed by atoms with E-state index in [1.54, 1.807) is 12.1 Å². The summed E-state index contributed by atoms with van der Waals surface area (Å²) in [7, 11) is 0. The predicted octanol–water partition coefficient (Wildman–Crippen LogP) is 5.12. The van der Waals surface area contributed by atoms with Gasteiger partial charge in [0.25, 0.3) is 5.91 Å². The average Bonchev–Trinajstić information content (AvgIpc) is 2.55. The zero-order valence-corrected chi connectivity index (χ0v) is 14.6. The number of nitrogens with one attached hydrogen (secondary N) is 1. The predicted molar refractivity (Wildman–Crippen MR) is 96.9 cm³/mol. The second-order valence-corrected chi connectivity index (χ2v) is 6.28. The first kappa shape index (κ1) is 17.0. The molecule has 0 fully saturated rings. The molecular weight excluding hydrogens is 352 g/mol. The first-order chi connectivity index (χ1) is 11.0. The molecule has 2 aromatic rings. The first-order valence-electron chi connectivity index (χ1n) is 7.29. The molecule has 0 radical (unpaired) electrons. The fraction of sp³-hybridized carbons (Fsp3) is 0.158. The van der Waals surface area contributed by atoms with E-state index in [0.29, 0.717) is 11.6 Å². The molecule has 0 aromatic heterocycles. The van der Waals surface area contributed by atoms with Gasteiger partial charge in [-0.15, -0.1) is 0 Å². The highest BCUT2D eigenvalue weighted by Gasteiger charge is 2.11. The van der Waals surface area contributed by atoms with Gasteiger partial charge in [0.15, 0.2) is 0 Å². The lowest BCUT2D eigenvalue weighted by atomic mass is 10.0. The van der Waals surface area contributed by atoms with Gasteiger partial charge >= 0.3 is 0 Å². The highest BCUT2D eigenvalue weighted by atomic mass is 79.9. The number of carbonyl (C=O) groups is 1. The number of anilines is 1. The van der Waals surface area contributed by atoms with Crippen molar-refractivity contribution in [2.75, 3.05) is 5.32 Å². The number of hydrogen-bond donors (Lipinski definition) is 1. The molecule has 0 aliphatic carbocycles. The van der Waals surface area contributed by atoms with Crippen LogP contribution in [0.5, 0.6) is 0 Å². The van der Waals surface area contributed by atoms with Crippen molar-refractivity contribution in [3.63, 3.8) is 0 Å². The first-order valence-corrected chi connectivity index (χ1v) is 8.08. The van der Waals surface area contributed by atoms with Crippen molar-refractivity contribution >= 4 is 33.6 Å². The molecule has 23 heavy (non-hydrogen) atoms. The maximum atomic E-state index is 12.3. The number of nitrogens with zero attached hydrogens (tertiary/aromatic N) is 1. The number of nitriles is 1. The van der Waals surface area contributed by atoms with Crippen LogP contribution in [-0.2, 0) is 4.79 Å². The van der Waals surface area contributed by atoms with E-state index in [0.717, 1.165) is 10.0 Å². The molecule has 116 valence electrons. The van der Waals surface area contributed by atoms with Gasteiger partial charge in [-0.05, 0) is 51.2 Å². The third kappa shape index (κ3) is 4.54. The second-order valence-electron chi connectivity index (χ2n) is 5.43. The van der Waals surface area contributed by atoms with Gasteiger partial charge in [0.05, 0.1) is 5.69 Å². The highest BCUT2D eigenvalue weighted by molar-refractivity contribution is 9.10. The molecule has 3 nitrogen and oxygen atoms in total. The molecule has 0 saturated carbocycles. The van der Waals surface area contributed by atoms with Gasteiger partial charge in [0.1, 0.15) is 11.6 Å². The molecule has 0 heterocycles.